The lowest BCUT2D eigenvalue weighted by Gasteiger charge is -2.36. The summed E-state index contributed by atoms with van der Waals surface area (Å²) in [7, 11) is -17.6. The zero-order chi connectivity index (χ0) is 46.8. The van der Waals surface area contributed by atoms with Crippen molar-refractivity contribution in [2.75, 3.05) is 37.8 Å². The summed E-state index contributed by atoms with van der Waals surface area (Å²) >= 11 is 1.10. The quantitative estimate of drug-likeness (QED) is 0.0418. The second-order valence-electron chi connectivity index (χ2n) is 14.8. The zero-order valence-electron chi connectivity index (χ0n) is 34.9. The summed E-state index contributed by atoms with van der Waals surface area (Å²) in [5.41, 5.74) is 4.08. The number of anilines is 1. The molecule has 63 heavy (non-hydrogen) atoms. The first kappa shape index (κ1) is 54.4. The number of hydrogen-bond acceptors (Lipinski definition) is 22. The van der Waals surface area contributed by atoms with Crippen LogP contribution < -0.4 is 35.9 Å². The summed E-state index contributed by atoms with van der Waals surface area (Å²) in [4.78, 5) is 96.5. The molecule has 6 N–H and O–H groups in total. The maximum absolute atomic E-state index is 12.6. The molecule has 2 amide bonds. The highest BCUT2D eigenvalue weighted by atomic mass is 32.2. The molecule has 1 saturated heterocycles. The predicted molar refractivity (Wildman–Crippen MR) is 219 cm³/mol. The molecule has 0 spiro atoms. The van der Waals surface area contributed by atoms with Crippen molar-refractivity contribution in [3.8, 4) is 0 Å². The molecule has 3 heterocycles. The Balaban J connectivity index is 1.37. The normalized spacial score (nSPS) is 20.8. The molecule has 7 atom stereocenters. The van der Waals surface area contributed by atoms with Crippen molar-refractivity contribution in [3.63, 3.8) is 0 Å². The van der Waals surface area contributed by atoms with Crippen LogP contribution in [0.4, 0.5) is 5.82 Å². The Labute approximate surface area is 368 Å². The van der Waals surface area contributed by atoms with E-state index in [1.54, 1.807) is 0 Å². The van der Waals surface area contributed by atoms with Crippen LogP contribution in [-0.4, -0.2) is 103 Å². The van der Waals surface area contributed by atoms with E-state index in [1.807, 2.05) is 0 Å². The number of nitrogens with one attached hydrogen (secondary N) is 2. The summed E-state index contributed by atoms with van der Waals surface area (Å²) in [6.07, 6.45) is 8.39. The standard InChI is InChI=1S/C35H58N7O17P3S/c1-4-5-6-7-8-9-10-11-12-13-14-15-26(44)63-19-18-37-25(43)16-17-38-33(47)30(46)35(2,3)21-56-62(53,54)59-61(51,52)55-20-24-29(58-60(48,49)50)28(45)34(57-24)42-23-41-27-31(36)39-22-40-32(27)42/h8-9,11-12,22-24,28-30,34,45-46H,4-7,10,13-21H2,1-3H3,(H,37,43)(H,38,47)(H,51,52)(H,53,54)(H2,36,39,40)(H2,48,49,50)/p-4/b9-8+,12-11+/t24-,28-,29-,30+,34-/m1/s1. The van der Waals surface area contributed by atoms with Crippen LogP contribution in [0.2, 0.25) is 0 Å². The summed E-state index contributed by atoms with van der Waals surface area (Å²) in [6, 6.07) is 0. The molecule has 0 aromatic carbocycles. The van der Waals surface area contributed by atoms with E-state index < -0.39 is 84.6 Å². The second kappa shape index (κ2) is 25.7. The summed E-state index contributed by atoms with van der Waals surface area (Å²) in [6.45, 7) is 2.30. The fourth-order valence-electron chi connectivity index (χ4n) is 5.73. The van der Waals surface area contributed by atoms with Gasteiger partial charge in [-0.1, -0.05) is 69.7 Å². The number of amides is 2. The third kappa shape index (κ3) is 19.2. The van der Waals surface area contributed by atoms with Gasteiger partial charge < -0.3 is 69.0 Å². The van der Waals surface area contributed by atoms with E-state index in [0.717, 1.165) is 54.7 Å². The average Bonchev–Trinajstić information content (AvgIpc) is 3.76. The molecule has 3 rings (SSSR count). The van der Waals surface area contributed by atoms with Crippen molar-refractivity contribution >= 4 is 69.1 Å². The van der Waals surface area contributed by atoms with Gasteiger partial charge in [0, 0.05) is 37.1 Å². The number of aromatic nitrogens is 4. The Morgan fingerprint density at radius 2 is 1.67 bits per heavy atom. The topological polar surface area (TPSA) is 375 Å². The number of nitrogens with two attached hydrogens (primary N) is 1. The van der Waals surface area contributed by atoms with E-state index in [0.29, 0.717) is 12.2 Å². The molecule has 1 fully saturated rings. The third-order valence-electron chi connectivity index (χ3n) is 9.07. The van der Waals surface area contributed by atoms with Crippen LogP contribution in [0.25, 0.3) is 11.2 Å². The number of rotatable bonds is 29. The number of thioether (sulfide) groups is 1. The van der Waals surface area contributed by atoms with Gasteiger partial charge in [0.15, 0.2) is 22.8 Å². The van der Waals surface area contributed by atoms with Crippen LogP contribution >= 0.6 is 35.2 Å². The van der Waals surface area contributed by atoms with Crippen LogP contribution in [0, 0.1) is 5.41 Å². The van der Waals surface area contributed by atoms with Crippen LogP contribution in [0.5, 0.6) is 0 Å². The van der Waals surface area contributed by atoms with E-state index in [-0.39, 0.29) is 41.6 Å². The highest BCUT2D eigenvalue weighted by Gasteiger charge is 2.47. The fourth-order valence-corrected chi connectivity index (χ4v) is 9.18. The summed E-state index contributed by atoms with van der Waals surface area (Å²) in [5.74, 6) is -1.18. The molecule has 24 nitrogen and oxygen atoms in total. The highest BCUT2D eigenvalue weighted by Crippen LogP contribution is 2.56. The molecule has 356 valence electrons. The van der Waals surface area contributed by atoms with E-state index in [4.69, 9.17) is 10.5 Å². The molecule has 0 radical (unpaired) electrons. The molecule has 28 heteroatoms. The SMILES string of the molecule is CCCCC/C=C/C/C=C/CCCC(=O)SCCNC(=O)CCNC(=O)[C@H](O)C(C)(C)COP(=O)([O-])OP(=O)([O-])OC[C@H]1O[C@@H](n2cnc3c(N)ncnc32)[C@H](O)[C@@H]1OP(=O)([O-])[O-]. The van der Waals surface area contributed by atoms with Gasteiger partial charge in [0.1, 0.15) is 36.3 Å². The van der Waals surface area contributed by atoms with Gasteiger partial charge in [0.05, 0.1) is 27.4 Å². The van der Waals surface area contributed by atoms with Gasteiger partial charge in [-0.2, -0.15) is 0 Å². The summed E-state index contributed by atoms with van der Waals surface area (Å²) < 4.78 is 60.7. The Hall–Kier alpha value is -2.96. The number of nitrogen functional groups attached to an aromatic ring is 1. The van der Waals surface area contributed by atoms with Crippen LogP contribution in [0.1, 0.15) is 84.8 Å². The molecule has 0 aliphatic carbocycles. The number of imidazole rings is 1. The number of hydrogen-bond donors (Lipinski definition) is 5. The van der Waals surface area contributed by atoms with Crippen LogP contribution in [0.3, 0.4) is 0 Å². The lowest BCUT2D eigenvalue weighted by molar-refractivity contribution is -0.347. The lowest BCUT2D eigenvalue weighted by atomic mass is 9.87. The number of nitrogens with zero attached hydrogens (tertiary/aromatic N) is 4. The average molecular weight is 970 g/mol. The molecule has 0 bridgehead atoms. The van der Waals surface area contributed by atoms with E-state index in [1.165, 1.54) is 33.1 Å². The second-order valence-corrected chi connectivity index (χ2v) is 20.0. The first-order valence-electron chi connectivity index (χ1n) is 19.8. The van der Waals surface area contributed by atoms with Gasteiger partial charge in [-0.3, -0.25) is 28.1 Å². The number of unbranched alkanes of at least 4 members (excludes halogenated alkanes) is 4. The van der Waals surface area contributed by atoms with Gasteiger partial charge in [0.25, 0.3) is 15.6 Å². The van der Waals surface area contributed by atoms with Crippen molar-refractivity contribution < 1.29 is 80.5 Å². The number of carbonyl (C=O) groups is 3. The number of phosphoric ester groups is 3. The minimum absolute atomic E-state index is 0.00842. The molecule has 2 aromatic heterocycles. The number of fused-ring (bicyclic) bond motifs is 1. The molecule has 2 aromatic rings. The zero-order valence-corrected chi connectivity index (χ0v) is 38.4. The molecular formula is C35H54N7O17P3S-4. The number of ether oxygens (including phenoxy) is 1. The monoisotopic (exact) mass is 969 g/mol. The van der Waals surface area contributed by atoms with Crippen molar-refractivity contribution in [1.29, 1.82) is 0 Å². The Kier molecular flexibility index (Phi) is 22.1. The predicted octanol–water partition coefficient (Wildman–Crippen LogP) is 0.390. The molecule has 0 saturated carbocycles. The van der Waals surface area contributed by atoms with E-state index in [2.05, 4.69) is 74.7 Å². The van der Waals surface area contributed by atoms with Crippen molar-refractivity contribution in [2.45, 2.75) is 109 Å². The number of aliphatic hydroxyl groups is 2. The Morgan fingerprint density at radius 3 is 2.35 bits per heavy atom. The summed E-state index contributed by atoms with van der Waals surface area (Å²) in [5, 5.41) is 26.4. The molecule has 1 aliphatic heterocycles. The number of phosphoric acid groups is 3. The van der Waals surface area contributed by atoms with E-state index in [9.17, 15) is 57.9 Å². The van der Waals surface area contributed by atoms with Crippen LogP contribution in [-0.2, 0) is 50.7 Å². The van der Waals surface area contributed by atoms with Crippen molar-refractivity contribution in [1.82, 2.24) is 30.2 Å². The molecule has 2 unspecified atom stereocenters. The molecule has 1 aliphatic rings. The highest BCUT2D eigenvalue weighted by molar-refractivity contribution is 8.13. The third-order valence-corrected chi connectivity index (χ3v) is 13.0. The lowest BCUT2D eigenvalue weighted by Crippen LogP contribution is -2.46. The van der Waals surface area contributed by atoms with Gasteiger partial charge in [-0.25, -0.2) is 19.3 Å². The number of aliphatic hydroxyl groups excluding tert-OH is 2. The first-order valence-corrected chi connectivity index (χ1v) is 25.2. The van der Waals surface area contributed by atoms with Crippen molar-refractivity contribution in [2.24, 2.45) is 5.41 Å². The number of carbonyl (C=O) groups excluding carboxylic acids is 3. The van der Waals surface area contributed by atoms with Gasteiger partial charge >= 0.3 is 0 Å². The van der Waals surface area contributed by atoms with Crippen LogP contribution in [0.15, 0.2) is 37.0 Å². The minimum atomic E-state index is -5.92. The number of allylic oxidation sites excluding steroid dienone is 4. The van der Waals surface area contributed by atoms with Crippen molar-refractivity contribution in [3.05, 3.63) is 37.0 Å². The van der Waals surface area contributed by atoms with Gasteiger partial charge in [0.2, 0.25) is 11.8 Å². The fraction of sp³-hybridized carbons (Fsp3) is 0.657. The van der Waals surface area contributed by atoms with Gasteiger partial charge in [-0.05, 0) is 32.1 Å². The van der Waals surface area contributed by atoms with Gasteiger partial charge in [-0.15, -0.1) is 0 Å². The maximum atomic E-state index is 12.6. The van der Waals surface area contributed by atoms with E-state index >= 15 is 0 Å². The Morgan fingerprint density at radius 1 is 0.984 bits per heavy atom. The maximum Gasteiger partial charge on any atom is 0.274 e. The minimum Gasteiger partial charge on any atom is -0.790 e. The smallest absolute Gasteiger partial charge is 0.274 e. The Bertz CT molecular complexity index is 2020. The first-order chi connectivity index (χ1) is 29.6. The molecular weight excluding hydrogens is 915 g/mol. The largest absolute Gasteiger partial charge is 0.790 e.